The number of ether oxygens (including phenoxy) is 1. The van der Waals surface area contributed by atoms with Gasteiger partial charge in [0, 0.05) is 6.04 Å². The van der Waals surface area contributed by atoms with Crippen LogP contribution in [-0.4, -0.2) is 21.8 Å². The van der Waals surface area contributed by atoms with Crippen LogP contribution in [0.15, 0.2) is 24.3 Å². The molecule has 0 amide bonds. The van der Waals surface area contributed by atoms with E-state index in [2.05, 4.69) is 4.72 Å². The van der Waals surface area contributed by atoms with Crippen LogP contribution in [-0.2, 0) is 10.0 Å². The van der Waals surface area contributed by atoms with Crippen LogP contribution >= 0.6 is 0 Å². The summed E-state index contributed by atoms with van der Waals surface area (Å²) in [5.74, 6) is 1.21. The molecule has 1 aromatic rings. The summed E-state index contributed by atoms with van der Waals surface area (Å²) in [7, 11) is -1.56. The minimum atomic E-state index is -3.17. The third-order valence-electron chi connectivity index (χ3n) is 2.91. The van der Waals surface area contributed by atoms with E-state index in [0.717, 1.165) is 24.2 Å². The molecular weight excluding hydrogens is 238 g/mol. The van der Waals surface area contributed by atoms with Crippen molar-refractivity contribution < 1.29 is 13.2 Å². The van der Waals surface area contributed by atoms with E-state index in [1.54, 1.807) is 7.11 Å². The standard InChI is InChI=1S/C12H17NO3S/c1-16-11-7-5-10(6-8-11)12(9-3-4-9)13-17(2,14)15/h5-9,12-13H,3-4H2,1-2H3. The Morgan fingerprint density at radius 1 is 1.29 bits per heavy atom. The Morgan fingerprint density at radius 2 is 1.88 bits per heavy atom. The summed E-state index contributed by atoms with van der Waals surface area (Å²) >= 11 is 0. The van der Waals surface area contributed by atoms with Gasteiger partial charge in [0.2, 0.25) is 10.0 Å². The first kappa shape index (κ1) is 12.4. The molecule has 4 nitrogen and oxygen atoms in total. The van der Waals surface area contributed by atoms with Gasteiger partial charge in [0.15, 0.2) is 0 Å². The predicted octanol–water partition coefficient (Wildman–Crippen LogP) is 1.70. The Kier molecular flexibility index (Phi) is 3.40. The highest BCUT2D eigenvalue weighted by Gasteiger charge is 2.33. The van der Waals surface area contributed by atoms with Gasteiger partial charge < -0.3 is 4.74 Å². The topological polar surface area (TPSA) is 55.4 Å². The minimum Gasteiger partial charge on any atom is -0.497 e. The number of sulfonamides is 1. The number of methoxy groups -OCH3 is 1. The van der Waals surface area contributed by atoms with Gasteiger partial charge in [-0.3, -0.25) is 0 Å². The average Bonchev–Trinajstić information content (AvgIpc) is 3.09. The number of hydrogen-bond donors (Lipinski definition) is 1. The highest BCUT2D eigenvalue weighted by atomic mass is 32.2. The average molecular weight is 255 g/mol. The molecule has 17 heavy (non-hydrogen) atoms. The molecule has 0 heterocycles. The van der Waals surface area contributed by atoms with E-state index in [-0.39, 0.29) is 6.04 Å². The molecule has 2 rings (SSSR count). The summed E-state index contributed by atoms with van der Waals surface area (Å²) in [6, 6.07) is 7.44. The normalized spacial score (nSPS) is 17.8. The molecule has 0 aromatic heterocycles. The smallest absolute Gasteiger partial charge is 0.209 e. The molecule has 1 aliphatic rings. The monoisotopic (exact) mass is 255 g/mol. The van der Waals surface area contributed by atoms with E-state index >= 15 is 0 Å². The molecule has 0 spiro atoms. The first-order valence-corrected chi connectivity index (χ1v) is 7.50. The fourth-order valence-corrected chi connectivity index (χ4v) is 2.70. The third-order valence-corrected chi connectivity index (χ3v) is 3.59. The highest BCUT2D eigenvalue weighted by molar-refractivity contribution is 7.88. The molecule has 5 heteroatoms. The summed E-state index contributed by atoms with van der Waals surface area (Å²) in [6.07, 6.45) is 3.37. The number of rotatable bonds is 5. The lowest BCUT2D eigenvalue weighted by atomic mass is 10.0. The maximum Gasteiger partial charge on any atom is 0.209 e. The molecule has 0 aliphatic heterocycles. The molecule has 1 unspecified atom stereocenters. The SMILES string of the molecule is COc1ccc(C(NS(C)(=O)=O)C2CC2)cc1. The summed E-state index contributed by atoms with van der Waals surface area (Å²) in [5.41, 5.74) is 0.999. The zero-order valence-corrected chi connectivity index (χ0v) is 10.8. The maximum absolute atomic E-state index is 11.3. The molecule has 1 aliphatic carbocycles. The number of benzene rings is 1. The summed E-state index contributed by atoms with van der Waals surface area (Å²) in [6.45, 7) is 0. The third kappa shape index (κ3) is 3.44. The zero-order chi connectivity index (χ0) is 12.5. The van der Waals surface area contributed by atoms with Gasteiger partial charge >= 0.3 is 0 Å². The maximum atomic E-state index is 11.3. The Morgan fingerprint density at radius 3 is 2.29 bits per heavy atom. The summed E-state index contributed by atoms with van der Waals surface area (Å²) < 4.78 is 30.5. The van der Waals surface area contributed by atoms with Crippen LogP contribution in [0.3, 0.4) is 0 Å². The van der Waals surface area contributed by atoms with Gasteiger partial charge in [-0.1, -0.05) is 12.1 Å². The van der Waals surface area contributed by atoms with E-state index < -0.39 is 10.0 Å². The molecule has 0 radical (unpaired) electrons. The second-order valence-electron chi connectivity index (χ2n) is 4.48. The van der Waals surface area contributed by atoms with E-state index in [0.29, 0.717) is 5.92 Å². The molecule has 0 bridgehead atoms. The van der Waals surface area contributed by atoms with Crippen LogP contribution in [0, 0.1) is 5.92 Å². The van der Waals surface area contributed by atoms with E-state index in [1.165, 1.54) is 6.26 Å². The van der Waals surface area contributed by atoms with E-state index in [9.17, 15) is 8.42 Å². The Hall–Kier alpha value is -1.07. The Bertz CT molecular complexity index is 477. The molecule has 1 N–H and O–H groups in total. The van der Waals surface area contributed by atoms with E-state index in [1.807, 2.05) is 24.3 Å². The van der Waals surface area contributed by atoms with Gasteiger partial charge in [0.1, 0.15) is 5.75 Å². The number of nitrogens with one attached hydrogen (secondary N) is 1. The van der Waals surface area contributed by atoms with Gasteiger partial charge in [-0.05, 0) is 36.5 Å². The fourth-order valence-electron chi connectivity index (χ4n) is 1.91. The van der Waals surface area contributed by atoms with Crippen molar-refractivity contribution in [3.05, 3.63) is 29.8 Å². The van der Waals surface area contributed by atoms with Gasteiger partial charge in [0.25, 0.3) is 0 Å². The Balaban J connectivity index is 2.20. The lowest BCUT2D eigenvalue weighted by Crippen LogP contribution is -2.28. The van der Waals surface area contributed by atoms with Crippen molar-refractivity contribution >= 4 is 10.0 Å². The van der Waals surface area contributed by atoms with Gasteiger partial charge in [-0.25, -0.2) is 13.1 Å². The lowest BCUT2D eigenvalue weighted by Gasteiger charge is -2.17. The van der Waals surface area contributed by atoms with Crippen LogP contribution in [0.1, 0.15) is 24.4 Å². The summed E-state index contributed by atoms with van der Waals surface area (Å²) in [5, 5.41) is 0. The largest absolute Gasteiger partial charge is 0.497 e. The second-order valence-corrected chi connectivity index (χ2v) is 6.26. The van der Waals surface area contributed by atoms with Crippen molar-refractivity contribution in [2.24, 2.45) is 5.92 Å². The molecule has 0 saturated heterocycles. The predicted molar refractivity (Wildman–Crippen MR) is 66.4 cm³/mol. The van der Waals surface area contributed by atoms with Gasteiger partial charge in [-0.2, -0.15) is 0 Å². The molecule has 94 valence electrons. The molecular formula is C12H17NO3S. The molecule has 1 aromatic carbocycles. The first-order valence-electron chi connectivity index (χ1n) is 5.61. The zero-order valence-electron chi connectivity index (χ0n) is 10.0. The molecule has 1 saturated carbocycles. The molecule has 1 fully saturated rings. The van der Waals surface area contributed by atoms with Crippen LogP contribution in [0.4, 0.5) is 0 Å². The van der Waals surface area contributed by atoms with Gasteiger partial charge in [-0.15, -0.1) is 0 Å². The van der Waals surface area contributed by atoms with Gasteiger partial charge in [0.05, 0.1) is 13.4 Å². The van der Waals surface area contributed by atoms with Crippen molar-refractivity contribution in [1.29, 1.82) is 0 Å². The number of hydrogen-bond acceptors (Lipinski definition) is 3. The second kappa shape index (κ2) is 4.66. The van der Waals surface area contributed by atoms with Crippen LogP contribution in [0.5, 0.6) is 5.75 Å². The minimum absolute atomic E-state index is 0.101. The fraction of sp³-hybridized carbons (Fsp3) is 0.500. The first-order chi connectivity index (χ1) is 7.99. The van der Waals surface area contributed by atoms with Crippen molar-refractivity contribution in [2.45, 2.75) is 18.9 Å². The lowest BCUT2D eigenvalue weighted by molar-refractivity contribution is 0.414. The highest BCUT2D eigenvalue weighted by Crippen LogP contribution is 2.41. The van der Waals surface area contributed by atoms with Crippen LogP contribution < -0.4 is 9.46 Å². The van der Waals surface area contributed by atoms with E-state index in [4.69, 9.17) is 4.74 Å². The van der Waals surface area contributed by atoms with Crippen molar-refractivity contribution in [3.8, 4) is 5.75 Å². The summed E-state index contributed by atoms with van der Waals surface area (Å²) in [4.78, 5) is 0. The van der Waals surface area contributed by atoms with Crippen molar-refractivity contribution in [1.82, 2.24) is 4.72 Å². The quantitative estimate of drug-likeness (QED) is 0.871. The molecule has 1 atom stereocenters. The van der Waals surface area contributed by atoms with Crippen LogP contribution in [0.2, 0.25) is 0 Å². The Labute approximate surface area is 102 Å². The van der Waals surface area contributed by atoms with Crippen LogP contribution in [0.25, 0.3) is 0 Å². The van der Waals surface area contributed by atoms with Crippen molar-refractivity contribution in [2.75, 3.05) is 13.4 Å². The van der Waals surface area contributed by atoms with Crippen molar-refractivity contribution in [3.63, 3.8) is 0 Å².